The normalized spacial score (nSPS) is 11.3. The molecule has 0 aliphatic heterocycles. The maximum Gasteiger partial charge on any atom is 0.264 e. The van der Waals surface area contributed by atoms with E-state index in [1.807, 2.05) is 6.07 Å². The SMILES string of the molecule is CN(c1ccccc1)S(=O)(=O)c1cc(Cl)cc(Cl)c1. The molecule has 0 fully saturated rings. The summed E-state index contributed by atoms with van der Waals surface area (Å²) < 4.78 is 26.1. The zero-order valence-corrected chi connectivity index (χ0v) is 12.4. The van der Waals surface area contributed by atoms with Crippen molar-refractivity contribution < 1.29 is 8.42 Å². The van der Waals surface area contributed by atoms with Crippen molar-refractivity contribution in [3.8, 4) is 0 Å². The summed E-state index contributed by atoms with van der Waals surface area (Å²) in [6.45, 7) is 0. The molecule has 19 heavy (non-hydrogen) atoms. The summed E-state index contributed by atoms with van der Waals surface area (Å²) >= 11 is 11.7. The molecule has 0 aliphatic carbocycles. The van der Waals surface area contributed by atoms with Crippen molar-refractivity contribution in [2.45, 2.75) is 4.90 Å². The zero-order chi connectivity index (χ0) is 14.0. The third kappa shape index (κ3) is 3.03. The summed E-state index contributed by atoms with van der Waals surface area (Å²) in [6.07, 6.45) is 0. The quantitative estimate of drug-likeness (QED) is 0.863. The van der Waals surface area contributed by atoms with Crippen molar-refractivity contribution in [3.05, 3.63) is 58.6 Å². The van der Waals surface area contributed by atoms with Gasteiger partial charge in [0.1, 0.15) is 0 Å². The molecule has 100 valence electrons. The number of halogens is 2. The van der Waals surface area contributed by atoms with Gasteiger partial charge in [0.15, 0.2) is 0 Å². The van der Waals surface area contributed by atoms with Gasteiger partial charge >= 0.3 is 0 Å². The summed E-state index contributed by atoms with van der Waals surface area (Å²) in [5, 5.41) is 0.570. The average Bonchev–Trinajstić information content (AvgIpc) is 2.37. The Morgan fingerprint density at radius 3 is 2.00 bits per heavy atom. The molecule has 0 spiro atoms. The summed E-state index contributed by atoms with van der Waals surface area (Å²) in [5.41, 5.74) is 0.568. The van der Waals surface area contributed by atoms with Crippen LogP contribution in [-0.2, 0) is 10.0 Å². The molecule has 0 N–H and O–H groups in total. The van der Waals surface area contributed by atoms with E-state index >= 15 is 0 Å². The Morgan fingerprint density at radius 1 is 0.947 bits per heavy atom. The van der Waals surface area contributed by atoms with Crippen molar-refractivity contribution in [2.24, 2.45) is 0 Å². The van der Waals surface area contributed by atoms with Crippen LogP contribution >= 0.6 is 23.2 Å². The van der Waals surface area contributed by atoms with E-state index < -0.39 is 10.0 Å². The van der Waals surface area contributed by atoms with E-state index in [0.29, 0.717) is 5.69 Å². The summed E-state index contributed by atoms with van der Waals surface area (Å²) in [6, 6.07) is 13.0. The topological polar surface area (TPSA) is 37.4 Å². The molecule has 2 aromatic rings. The number of anilines is 1. The molecule has 3 nitrogen and oxygen atoms in total. The van der Waals surface area contributed by atoms with Crippen molar-refractivity contribution >= 4 is 38.9 Å². The predicted molar refractivity (Wildman–Crippen MR) is 78.5 cm³/mol. The minimum Gasteiger partial charge on any atom is -0.269 e. The number of sulfonamides is 1. The molecule has 0 atom stereocenters. The van der Waals surface area contributed by atoms with Gasteiger partial charge in [-0.2, -0.15) is 0 Å². The van der Waals surface area contributed by atoms with Crippen LogP contribution in [0.2, 0.25) is 10.0 Å². The highest BCUT2D eigenvalue weighted by atomic mass is 35.5. The second-order valence-corrected chi connectivity index (χ2v) is 6.76. The molecule has 0 aromatic heterocycles. The second kappa shape index (κ2) is 5.41. The van der Waals surface area contributed by atoms with Gasteiger partial charge in [0.25, 0.3) is 10.0 Å². The smallest absolute Gasteiger partial charge is 0.264 e. The average molecular weight is 316 g/mol. The van der Waals surface area contributed by atoms with Crippen molar-refractivity contribution in [2.75, 3.05) is 11.4 Å². The number of hydrogen-bond acceptors (Lipinski definition) is 2. The molecular weight excluding hydrogens is 305 g/mol. The highest BCUT2D eigenvalue weighted by molar-refractivity contribution is 7.92. The fourth-order valence-electron chi connectivity index (χ4n) is 1.61. The molecule has 0 bridgehead atoms. The summed E-state index contributed by atoms with van der Waals surface area (Å²) in [4.78, 5) is 0.0661. The van der Waals surface area contributed by atoms with Crippen LogP contribution in [0.25, 0.3) is 0 Å². The molecule has 0 amide bonds. The van der Waals surface area contributed by atoms with Crippen LogP contribution in [0.1, 0.15) is 0 Å². The minimum atomic E-state index is -3.67. The zero-order valence-electron chi connectivity index (χ0n) is 10.0. The number of benzene rings is 2. The molecule has 0 radical (unpaired) electrons. The second-order valence-electron chi connectivity index (χ2n) is 3.91. The Balaban J connectivity index is 2.48. The monoisotopic (exact) mass is 315 g/mol. The molecule has 0 unspecified atom stereocenters. The Morgan fingerprint density at radius 2 is 1.47 bits per heavy atom. The lowest BCUT2D eigenvalue weighted by atomic mass is 10.3. The first-order chi connectivity index (χ1) is 8.91. The first-order valence-electron chi connectivity index (χ1n) is 5.41. The molecule has 2 rings (SSSR count). The van der Waals surface area contributed by atoms with Gasteiger partial charge in [0, 0.05) is 17.1 Å². The molecule has 2 aromatic carbocycles. The van der Waals surface area contributed by atoms with Crippen molar-refractivity contribution in [1.82, 2.24) is 0 Å². The Hall–Kier alpha value is -1.23. The van der Waals surface area contributed by atoms with Crippen molar-refractivity contribution in [3.63, 3.8) is 0 Å². The first-order valence-corrected chi connectivity index (χ1v) is 7.61. The van der Waals surface area contributed by atoms with Gasteiger partial charge < -0.3 is 0 Å². The van der Waals surface area contributed by atoms with Crippen LogP contribution in [0, 0.1) is 0 Å². The Kier molecular flexibility index (Phi) is 4.04. The lowest BCUT2D eigenvalue weighted by molar-refractivity contribution is 0.594. The van der Waals surface area contributed by atoms with Crippen LogP contribution in [0.5, 0.6) is 0 Å². The van der Waals surface area contributed by atoms with E-state index in [2.05, 4.69) is 0 Å². The van der Waals surface area contributed by atoms with E-state index in [9.17, 15) is 8.42 Å². The fourth-order valence-corrected chi connectivity index (χ4v) is 3.53. The van der Waals surface area contributed by atoms with E-state index in [1.165, 1.54) is 29.6 Å². The van der Waals surface area contributed by atoms with Gasteiger partial charge in [-0.3, -0.25) is 4.31 Å². The molecule has 6 heteroatoms. The Labute approximate surface area is 122 Å². The van der Waals surface area contributed by atoms with E-state index in [0.717, 1.165) is 0 Å². The van der Waals surface area contributed by atoms with E-state index in [-0.39, 0.29) is 14.9 Å². The fraction of sp³-hybridized carbons (Fsp3) is 0.0769. The first kappa shape index (κ1) is 14.2. The molecule has 0 saturated carbocycles. The number of para-hydroxylation sites is 1. The highest BCUT2D eigenvalue weighted by Gasteiger charge is 2.22. The van der Waals surface area contributed by atoms with Gasteiger partial charge in [0.05, 0.1) is 10.6 Å². The van der Waals surface area contributed by atoms with Gasteiger partial charge in [-0.05, 0) is 30.3 Å². The van der Waals surface area contributed by atoms with E-state index in [4.69, 9.17) is 23.2 Å². The van der Waals surface area contributed by atoms with Gasteiger partial charge in [-0.15, -0.1) is 0 Å². The van der Waals surface area contributed by atoms with Crippen LogP contribution in [0.3, 0.4) is 0 Å². The molecule has 0 heterocycles. The Bertz CT molecular complexity index is 667. The minimum absolute atomic E-state index is 0.0661. The lowest BCUT2D eigenvalue weighted by Crippen LogP contribution is -2.26. The predicted octanol–water partition coefficient (Wildman–Crippen LogP) is 3.82. The van der Waals surface area contributed by atoms with Crippen LogP contribution < -0.4 is 4.31 Å². The van der Waals surface area contributed by atoms with Gasteiger partial charge in [0.2, 0.25) is 0 Å². The number of nitrogens with zero attached hydrogens (tertiary/aromatic N) is 1. The third-order valence-corrected chi connectivity index (χ3v) is 4.81. The molecule has 0 saturated heterocycles. The maximum atomic E-state index is 12.4. The maximum absolute atomic E-state index is 12.4. The van der Waals surface area contributed by atoms with Crippen LogP contribution in [-0.4, -0.2) is 15.5 Å². The number of rotatable bonds is 3. The van der Waals surface area contributed by atoms with Crippen LogP contribution in [0.15, 0.2) is 53.4 Å². The van der Waals surface area contributed by atoms with Crippen LogP contribution in [0.4, 0.5) is 5.69 Å². The third-order valence-electron chi connectivity index (χ3n) is 2.61. The lowest BCUT2D eigenvalue weighted by Gasteiger charge is -2.19. The summed E-state index contributed by atoms with van der Waals surface area (Å²) in [5.74, 6) is 0. The molecule has 0 aliphatic rings. The van der Waals surface area contributed by atoms with Gasteiger partial charge in [-0.1, -0.05) is 41.4 Å². The summed E-state index contributed by atoms with van der Waals surface area (Å²) in [7, 11) is -2.19. The highest BCUT2D eigenvalue weighted by Crippen LogP contribution is 2.26. The van der Waals surface area contributed by atoms with Crippen molar-refractivity contribution in [1.29, 1.82) is 0 Å². The largest absolute Gasteiger partial charge is 0.269 e. The molecular formula is C13H11Cl2NO2S. The number of hydrogen-bond donors (Lipinski definition) is 0. The van der Waals surface area contributed by atoms with E-state index in [1.54, 1.807) is 24.3 Å². The van der Waals surface area contributed by atoms with Gasteiger partial charge in [-0.25, -0.2) is 8.42 Å². The standard InChI is InChI=1S/C13H11Cl2NO2S/c1-16(12-5-3-2-4-6-12)19(17,18)13-8-10(14)7-11(15)9-13/h2-9H,1H3.